The molecular weight excluding hydrogens is 158 g/mol. The van der Waals surface area contributed by atoms with Crippen LogP contribution in [0.3, 0.4) is 0 Å². The Morgan fingerprint density at radius 3 is 3.00 bits per heavy atom. The van der Waals surface area contributed by atoms with Gasteiger partial charge in [0.05, 0.1) is 5.52 Å². The molecule has 3 N–H and O–H groups in total. The average Bonchev–Trinajstić information content (AvgIpc) is 2.47. The lowest BCUT2D eigenvalue weighted by Gasteiger charge is -1.87. The molecule has 2 rings (SSSR count). The van der Waals surface area contributed by atoms with Crippen LogP contribution in [0.5, 0.6) is 0 Å². The summed E-state index contributed by atoms with van der Waals surface area (Å²) in [5.41, 5.74) is 1.03. The lowest BCUT2D eigenvalue weighted by molar-refractivity contribution is 1.02. The van der Waals surface area contributed by atoms with Gasteiger partial charge >= 0.3 is 0 Å². The molecule has 4 heteroatoms. The minimum absolute atomic E-state index is 0.848. The summed E-state index contributed by atoms with van der Waals surface area (Å²) in [5.74, 6) is 0. The molecule has 56 valence electrons. The van der Waals surface area contributed by atoms with Crippen molar-refractivity contribution in [2.75, 3.05) is 0 Å². The smallest absolute Gasteiger partial charge is 0.140 e. The molecule has 11 heavy (non-hydrogen) atoms. The molecule has 0 aliphatic rings. The van der Waals surface area contributed by atoms with Crippen LogP contribution in [0, 0.1) is 0 Å². The highest BCUT2D eigenvalue weighted by Gasteiger charge is 2.01. The van der Waals surface area contributed by atoms with Crippen molar-refractivity contribution < 1.29 is 0 Å². The van der Waals surface area contributed by atoms with E-state index in [1.807, 2.05) is 24.3 Å². The van der Waals surface area contributed by atoms with E-state index in [0.29, 0.717) is 0 Å². The fourth-order valence-corrected chi connectivity index (χ4v) is 1.43. The van der Waals surface area contributed by atoms with Gasteiger partial charge < -0.3 is 0 Å². The number of nitrogens with one attached hydrogen (secondary N) is 1. The van der Waals surface area contributed by atoms with Gasteiger partial charge in [0.2, 0.25) is 0 Å². The van der Waals surface area contributed by atoms with E-state index in [1.54, 1.807) is 0 Å². The molecule has 0 radical (unpaired) electrons. The molecule has 3 nitrogen and oxygen atoms in total. The third kappa shape index (κ3) is 1.00. The van der Waals surface area contributed by atoms with Crippen LogP contribution in [0.2, 0.25) is 0 Å². The number of hydrogen-bond acceptors (Lipinski definition) is 3. The minimum atomic E-state index is 0.848. The molecular formula is C7H7N3S. The number of hydrogen-bond donors (Lipinski definition) is 2. The molecule has 1 aromatic carbocycles. The van der Waals surface area contributed by atoms with Gasteiger partial charge in [-0.1, -0.05) is 12.1 Å². The van der Waals surface area contributed by atoms with Crippen LogP contribution in [-0.2, 0) is 0 Å². The van der Waals surface area contributed by atoms with Gasteiger partial charge in [0, 0.05) is 5.39 Å². The monoisotopic (exact) mass is 165 g/mol. The minimum Gasteiger partial charge on any atom is -0.277 e. The van der Waals surface area contributed by atoms with Crippen molar-refractivity contribution in [1.82, 2.24) is 10.2 Å². The Morgan fingerprint density at radius 2 is 2.18 bits per heavy atom. The van der Waals surface area contributed by atoms with E-state index in [9.17, 15) is 0 Å². The van der Waals surface area contributed by atoms with Crippen molar-refractivity contribution in [3.05, 3.63) is 24.3 Å². The lowest BCUT2D eigenvalue weighted by Crippen LogP contribution is -1.78. The topological polar surface area (TPSA) is 54.7 Å². The van der Waals surface area contributed by atoms with Crippen molar-refractivity contribution in [2.24, 2.45) is 5.14 Å². The standard InChI is InChI=1S/C7H7N3S/c8-11-7-5-3-1-2-4-6(5)9-10-7/h1-4H,8H2,(H,9,10). The summed E-state index contributed by atoms with van der Waals surface area (Å²) < 4.78 is 0. The van der Waals surface area contributed by atoms with Gasteiger partial charge in [-0.2, -0.15) is 5.10 Å². The van der Waals surface area contributed by atoms with Crippen LogP contribution in [0.1, 0.15) is 0 Å². The number of aromatic amines is 1. The van der Waals surface area contributed by atoms with Gasteiger partial charge in [-0.3, -0.25) is 10.2 Å². The molecule has 0 atom stereocenters. The molecule has 0 saturated heterocycles. The van der Waals surface area contributed by atoms with Crippen LogP contribution in [-0.4, -0.2) is 10.2 Å². The zero-order valence-corrected chi connectivity index (χ0v) is 6.56. The molecule has 2 aromatic rings. The van der Waals surface area contributed by atoms with Gasteiger partial charge in [0.15, 0.2) is 0 Å². The number of H-pyrrole nitrogens is 1. The van der Waals surface area contributed by atoms with Crippen molar-refractivity contribution in [3.63, 3.8) is 0 Å². The first kappa shape index (κ1) is 6.69. The normalized spacial score (nSPS) is 10.6. The Hall–Kier alpha value is -1.00. The molecule has 0 saturated carbocycles. The van der Waals surface area contributed by atoms with Crippen molar-refractivity contribution in [3.8, 4) is 0 Å². The Bertz CT molecular complexity index is 368. The molecule has 1 heterocycles. The molecule has 0 fully saturated rings. The number of nitrogens with two attached hydrogens (primary N) is 1. The largest absolute Gasteiger partial charge is 0.277 e. The van der Waals surface area contributed by atoms with E-state index in [4.69, 9.17) is 5.14 Å². The first-order valence-corrected chi connectivity index (χ1v) is 4.09. The predicted octanol–water partition coefficient (Wildman–Crippen LogP) is 1.53. The number of benzene rings is 1. The van der Waals surface area contributed by atoms with E-state index in [-0.39, 0.29) is 0 Å². The number of nitrogens with zero attached hydrogens (tertiary/aromatic N) is 1. The second-order valence-corrected chi connectivity index (χ2v) is 2.81. The summed E-state index contributed by atoms with van der Waals surface area (Å²) in [7, 11) is 0. The average molecular weight is 165 g/mol. The van der Waals surface area contributed by atoms with Gasteiger partial charge in [-0.15, -0.1) is 0 Å². The third-order valence-corrected chi connectivity index (χ3v) is 2.08. The number of aromatic nitrogens is 2. The molecule has 1 aromatic heterocycles. The summed E-state index contributed by atoms with van der Waals surface area (Å²) in [6.45, 7) is 0. The van der Waals surface area contributed by atoms with Crippen molar-refractivity contribution in [1.29, 1.82) is 0 Å². The maximum absolute atomic E-state index is 5.39. The maximum atomic E-state index is 5.39. The molecule has 0 unspecified atom stereocenters. The summed E-state index contributed by atoms with van der Waals surface area (Å²) >= 11 is 1.16. The van der Waals surface area contributed by atoms with Crippen LogP contribution in [0.4, 0.5) is 0 Å². The van der Waals surface area contributed by atoms with Crippen LogP contribution < -0.4 is 5.14 Å². The third-order valence-electron chi connectivity index (χ3n) is 1.55. The zero-order valence-electron chi connectivity index (χ0n) is 5.74. The Kier molecular flexibility index (Phi) is 1.56. The summed E-state index contributed by atoms with van der Waals surface area (Å²) in [6.07, 6.45) is 0. The highest BCUT2D eigenvalue weighted by molar-refractivity contribution is 7.97. The second-order valence-electron chi connectivity index (χ2n) is 2.19. The lowest BCUT2D eigenvalue weighted by atomic mass is 10.3. The SMILES string of the molecule is NSc1n[nH]c2ccccc12. The van der Waals surface area contributed by atoms with Gasteiger partial charge in [0.1, 0.15) is 5.03 Å². The number of fused-ring (bicyclic) bond motifs is 1. The fourth-order valence-electron chi connectivity index (χ4n) is 1.03. The van der Waals surface area contributed by atoms with Gasteiger partial charge in [-0.05, 0) is 24.1 Å². The first-order chi connectivity index (χ1) is 5.42. The van der Waals surface area contributed by atoms with Crippen molar-refractivity contribution >= 4 is 22.9 Å². The predicted molar refractivity (Wildman–Crippen MR) is 46.1 cm³/mol. The van der Waals surface area contributed by atoms with Crippen LogP contribution in [0.25, 0.3) is 10.9 Å². The summed E-state index contributed by atoms with van der Waals surface area (Å²) in [6, 6.07) is 7.90. The molecule has 0 bridgehead atoms. The second kappa shape index (κ2) is 2.56. The van der Waals surface area contributed by atoms with Crippen LogP contribution in [0.15, 0.2) is 29.3 Å². The highest BCUT2D eigenvalue weighted by atomic mass is 32.2. The van der Waals surface area contributed by atoms with Crippen LogP contribution >= 0.6 is 11.9 Å². The Morgan fingerprint density at radius 1 is 1.36 bits per heavy atom. The quantitative estimate of drug-likeness (QED) is 0.630. The van der Waals surface area contributed by atoms with Gasteiger partial charge in [-0.25, -0.2) is 0 Å². The van der Waals surface area contributed by atoms with E-state index < -0.39 is 0 Å². The summed E-state index contributed by atoms with van der Waals surface area (Å²) in [4.78, 5) is 0. The number of rotatable bonds is 1. The van der Waals surface area contributed by atoms with Gasteiger partial charge in [0.25, 0.3) is 0 Å². The van der Waals surface area contributed by atoms with E-state index in [2.05, 4.69) is 10.2 Å². The van der Waals surface area contributed by atoms with E-state index in [0.717, 1.165) is 27.9 Å². The Balaban J connectivity index is 2.76. The fraction of sp³-hybridized carbons (Fsp3) is 0. The molecule has 0 amide bonds. The maximum Gasteiger partial charge on any atom is 0.140 e. The summed E-state index contributed by atoms with van der Waals surface area (Å²) in [5, 5.41) is 14.2. The molecule has 0 aliphatic carbocycles. The zero-order chi connectivity index (χ0) is 7.68. The van der Waals surface area contributed by atoms with E-state index in [1.165, 1.54) is 0 Å². The van der Waals surface area contributed by atoms with E-state index >= 15 is 0 Å². The highest BCUT2D eigenvalue weighted by Crippen LogP contribution is 2.20. The Labute approximate surface area is 68.1 Å². The van der Waals surface area contributed by atoms with Crippen molar-refractivity contribution in [2.45, 2.75) is 5.03 Å². The number of para-hydroxylation sites is 1. The first-order valence-electron chi connectivity index (χ1n) is 3.21. The molecule has 0 spiro atoms. The molecule has 0 aliphatic heterocycles.